The van der Waals surface area contributed by atoms with Gasteiger partial charge in [0.25, 0.3) is 0 Å². The zero-order chi connectivity index (χ0) is 11.2. The van der Waals surface area contributed by atoms with Gasteiger partial charge in [-0.3, -0.25) is 0 Å². The van der Waals surface area contributed by atoms with E-state index in [4.69, 9.17) is 5.26 Å². The smallest absolute Gasteiger partial charge is 0.236 e. The molecule has 0 saturated carbocycles. The van der Waals surface area contributed by atoms with Crippen molar-refractivity contribution in [1.82, 2.24) is 20.3 Å². The van der Waals surface area contributed by atoms with Crippen LogP contribution in [0.4, 0.5) is 5.95 Å². The number of rotatable bonds is 2. The van der Waals surface area contributed by atoms with Gasteiger partial charge in [-0.2, -0.15) is 10.2 Å². The highest BCUT2D eigenvalue weighted by Gasteiger charge is 2.12. The molecule has 1 saturated heterocycles. The molecule has 1 fully saturated rings. The molecule has 16 heavy (non-hydrogen) atoms. The summed E-state index contributed by atoms with van der Waals surface area (Å²) in [6.45, 7) is 2.08. The number of nitrogens with zero attached hydrogens (tertiary/aromatic N) is 4. The molecule has 0 bridgehead atoms. The number of nitriles is 1. The van der Waals surface area contributed by atoms with Gasteiger partial charge in [0.2, 0.25) is 11.8 Å². The Kier molecular flexibility index (Phi) is 3.62. The van der Waals surface area contributed by atoms with Crippen molar-refractivity contribution in [2.24, 2.45) is 0 Å². The van der Waals surface area contributed by atoms with Crippen molar-refractivity contribution in [1.29, 1.82) is 5.26 Å². The van der Waals surface area contributed by atoms with Crippen LogP contribution in [0.1, 0.15) is 25.1 Å². The van der Waals surface area contributed by atoms with Gasteiger partial charge in [0.05, 0.1) is 0 Å². The fraction of sp³-hybridized carbons (Fsp3) is 0.600. The maximum absolute atomic E-state index is 8.67. The standard InChI is InChI=1S/C10H14N6/c11-6-9-13-7-14-10(16-9)15-8-2-1-4-12-5-3-8/h7-8,12H,1-5H2,(H,13,14,15,16). The van der Waals surface area contributed by atoms with Crippen LogP contribution >= 0.6 is 0 Å². The molecule has 1 unspecified atom stereocenters. The predicted octanol–water partition coefficient (Wildman–Crippen LogP) is 0.297. The lowest BCUT2D eigenvalue weighted by molar-refractivity contribution is 0.631. The van der Waals surface area contributed by atoms with Gasteiger partial charge in [0.1, 0.15) is 12.4 Å². The van der Waals surface area contributed by atoms with Crippen molar-refractivity contribution in [3.05, 3.63) is 12.2 Å². The second-order valence-corrected chi connectivity index (χ2v) is 3.77. The highest BCUT2D eigenvalue weighted by atomic mass is 15.2. The fourth-order valence-corrected chi connectivity index (χ4v) is 1.77. The van der Waals surface area contributed by atoms with Crippen molar-refractivity contribution in [2.45, 2.75) is 25.3 Å². The molecule has 2 rings (SSSR count). The highest BCUT2D eigenvalue weighted by Crippen LogP contribution is 2.10. The number of hydrogen-bond donors (Lipinski definition) is 2. The normalized spacial score (nSPS) is 20.8. The highest BCUT2D eigenvalue weighted by molar-refractivity contribution is 5.27. The van der Waals surface area contributed by atoms with E-state index in [-0.39, 0.29) is 5.82 Å². The molecular formula is C10H14N6. The molecule has 1 atom stereocenters. The Labute approximate surface area is 94.1 Å². The molecule has 0 aliphatic carbocycles. The summed E-state index contributed by atoms with van der Waals surface area (Å²) in [4.78, 5) is 11.7. The van der Waals surface area contributed by atoms with Crippen LogP contribution in [0.15, 0.2) is 6.33 Å². The molecule has 0 aromatic carbocycles. The number of nitrogens with one attached hydrogen (secondary N) is 2. The van der Waals surface area contributed by atoms with Crippen LogP contribution in [0.2, 0.25) is 0 Å². The third-order valence-corrected chi connectivity index (χ3v) is 2.58. The molecule has 2 heterocycles. The minimum absolute atomic E-state index is 0.157. The Morgan fingerprint density at radius 1 is 1.38 bits per heavy atom. The Hall–Kier alpha value is -1.74. The van der Waals surface area contributed by atoms with Crippen LogP contribution in [-0.4, -0.2) is 34.1 Å². The first kappa shape index (κ1) is 10.8. The Morgan fingerprint density at radius 3 is 3.19 bits per heavy atom. The van der Waals surface area contributed by atoms with Crippen molar-refractivity contribution in [2.75, 3.05) is 18.4 Å². The molecular weight excluding hydrogens is 204 g/mol. The lowest BCUT2D eigenvalue weighted by Crippen LogP contribution is -2.22. The lowest BCUT2D eigenvalue weighted by atomic mass is 10.1. The van der Waals surface area contributed by atoms with Gasteiger partial charge in [-0.15, -0.1) is 0 Å². The summed E-state index contributed by atoms with van der Waals surface area (Å²) in [6, 6.07) is 2.28. The number of hydrogen-bond acceptors (Lipinski definition) is 6. The molecule has 1 aromatic rings. The molecule has 0 amide bonds. The largest absolute Gasteiger partial charge is 0.351 e. The van der Waals surface area contributed by atoms with E-state index in [0.717, 1.165) is 32.4 Å². The van der Waals surface area contributed by atoms with Crippen LogP contribution in [-0.2, 0) is 0 Å². The van der Waals surface area contributed by atoms with Gasteiger partial charge in [0, 0.05) is 6.04 Å². The van der Waals surface area contributed by atoms with Gasteiger partial charge in [0.15, 0.2) is 0 Å². The Morgan fingerprint density at radius 2 is 2.31 bits per heavy atom. The Bertz CT molecular complexity index is 377. The van der Waals surface area contributed by atoms with Crippen molar-refractivity contribution < 1.29 is 0 Å². The minimum Gasteiger partial charge on any atom is -0.351 e. The molecule has 0 radical (unpaired) electrons. The van der Waals surface area contributed by atoms with E-state index in [9.17, 15) is 0 Å². The fourth-order valence-electron chi connectivity index (χ4n) is 1.77. The number of anilines is 1. The molecule has 6 nitrogen and oxygen atoms in total. The lowest BCUT2D eigenvalue weighted by Gasteiger charge is -2.15. The molecule has 0 spiro atoms. The summed E-state index contributed by atoms with van der Waals surface area (Å²) < 4.78 is 0. The predicted molar refractivity (Wildman–Crippen MR) is 58.7 cm³/mol. The molecule has 1 aliphatic heterocycles. The second-order valence-electron chi connectivity index (χ2n) is 3.77. The first-order chi connectivity index (χ1) is 7.88. The average Bonchev–Trinajstić information content (AvgIpc) is 2.58. The topological polar surface area (TPSA) is 86.5 Å². The van der Waals surface area contributed by atoms with E-state index >= 15 is 0 Å². The van der Waals surface area contributed by atoms with Gasteiger partial charge < -0.3 is 10.6 Å². The van der Waals surface area contributed by atoms with E-state index in [1.165, 1.54) is 6.33 Å². The molecule has 2 N–H and O–H groups in total. The van der Waals surface area contributed by atoms with Gasteiger partial charge >= 0.3 is 0 Å². The summed E-state index contributed by atoms with van der Waals surface area (Å²) in [7, 11) is 0. The third-order valence-electron chi connectivity index (χ3n) is 2.58. The second kappa shape index (κ2) is 5.37. The zero-order valence-electron chi connectivity index (χ0n) is 8.98. The summed E-state index contributed by atoms with van der Waals surface area (Å²) in [5, 5.41) is 15.3. The zero-order valence-corrected chi connectivity index (χ0v) is 8.98. The maximum Gasteiger partial charge on any atom is 0.236 e. The van der Waals surface area contributed by atoms with Gasteiger partial charge in [-0.05, 0) is 32.4 Å². The van der Waals surface area contributed by atoms with Gasteiger partial charge in [-0.1, -0.05) is 0 Å². The first-order valence-corrected chi connectivity index (χ1v) is 5.45. The van der Waals surface area contributed by atoms with Crippen LogP contribution in [0.25, 0.3) is 0 Å². The van der Waals surface area contributed by atoms with E-state index in [0.29, 0.717) is 12.0 Å². The third kappa shape index (κ3) is 2.87. The minimum atomic E-state index is 0.157. The summed E-state index contributed by atoms with van der Waals surface area (Å²) in [5.41, 5.74) is 0. The molecule has 84 valence electrons. The van der Waals surface area contributed by atoms with E-state index in [1.807, 2.05) is 6.07 Å². The SMILES string of the molecule is N#Cc1ncnc(NC2CCCNCC2)n1. The van der Waals surface area contributed by atoms with Crippen molar-refractivity contribution in [3.8, 4) is 6.07 Å². The van der Waals surface area contributed by atoms with Crippen molar-refractivity contribution in [3.63, 3.8) is 0 Å². The quantitative estimate of drug-likeness (QED) is 0.742. The number of aromatic nitrogens is 3. The van der Waals surface area contributed by atoms with Crippen LogP contribution < -0.4 is 10.6 Å². The average molecular weight is 218 g/mol. The molecule has 1 aromatic heterocycles. The summed E-state index contributed by atoms with van der Waals surface area (Å²) >= 11 is 0. The van der Waals surface area contributed by atoms with Crippen molar-refractivity contribution >= 4 is 5.95 Å². The van der Waals surface area contributed by atoms with E-state index in [2.05, 4.69) is 25.6 Å². The summed E-state index contributed by atoms with van der Waals surface area (Å²) in [6.07, 6.45) is 4.66. The van der Waals surface area contributed by atoms with Gasteiger partial charge in [-0.25, -0.2) is 9.97 Å². The summed E-state index contributed by atoms with van der Waals surface area (Å²) in [5.74, 6) is 0.655. The van der Waals surface area contributed by atoms with Crippen LogP contribution in [0.5, 0.6) is 0 Å². The maximum atomic E-state index is 8.67. The Balaban J connectivity index is 1.99. The van der Waals surface area contributed by atoms with Crippen LogP contribution in [0.3, 0.4) is 0 Å². The van der Waals surface area contributed by atoms with E-state index < -0.39 is 0 Å². The first-order valence-electron chi connectivity index (χ1n) is 5.45. The molecule has 1 aliphatic rings. The monoisotopic (exact) mass is 218 g/mol. The van der Waals surface area contributed by atoms with E-state index in [1.54, 1.807) is 0 Å². The van der Waals surface area contributed by atoms with Crippen LogP contribution in [0, 0.1) is 11.3 Å². The molecule has 6 heteroatoms.